The van der Waals surface area contributed by atoms with Gasteiger partial charge in [-0.05, 0) is 17.9 Å². The van der Waals surface area contributed by atoms with E-state index in [0.29, 0.717) is 6.54 Å². The Morgan fingerprint density at radius 1 is 1.56 bits per heavy atom. The van der Waals surface area contributed by atoms with Gasteiger partial charge in [0.1, 0.15) is 0 Å². The van der Waals surface area contributed by atoms with Crippen molar-refractivity contribution in [2.75, 3.05) is 23.9 Å². The molecule has 0 aliphatic heterocycles. The van der Waals surface area contributed by atoms with Crippen molar-refractivity contribution in [3.05, 3.63) is 34.4 Å². The lowest BCUT2D eigenvalue weighted by atomic mass is 10.3. The number of thiophene rings is 1. The van der Waals surface area contributed by atoms with Crippen molar-refractivity contribution < 1.29 is 4.39 Å². The number of likely N-dealkylation sites (N-methyl/N-ethyl adjacent to an activating group) is 1. The second kappa shape index (κ2) is 5.74. The molecule has 0 spiro atoms. The van der Waals surface area contributed by atoms with Gasteiger partial charge in [0.2, 0.25) is 5.95 Å². The quantitative estimate of drug-likeness (QED) is 0.637. The minimum atomic E-state index is -0.456. The van der Waals surface area contributed by atoms with Gasteiger partial charge in [-0.15, -0.1) is 11.3 Å². The third-order valence-corrected chi connectivity index (χ3v) is 3.43. The Balaban J connectivity index is 2.05. The smallest absolute Gasteiger partial charge is 0.239 e. The highest BCUT2D eigenvalue weighted by Gasteiger charge is 2.11. The number of nitrogens with zero attached hydrogens (tertiary/aromatic N) is 3. The molecule has 0 fully saturated rings. The topological polar surface area (TPSA) is 67.1 Å². The van der Waals surface area contributed by atoms with Gasteiger partial charge in [0.25, 0.3) is 0 Å². The van der Waals surface area contributed by atoms with Crippen molar-refractivity contribution in [3.63, 3.8) is 0 Å². The molecular weight excluding hydrogens is 253 g/mol. The predicted molar refractivity (Wildman–Crippen MR) is 71.1 cm³/mol. The lowest BCUT2D eigenvalue weighted by molar-refractivity contribution is 0.608. The van der Waals surface area contributed by atoms with E-state index in [1.807, 2.05) is 11.4 Å². The molecule has 0 unspecified atom stereocenters. The molecule has 0 aromatic carbocycles. The SMILES string of the molecule is CN(CCc1cccs1)c1nc(NN)ncc1F. The molecule has 0 saturated carbocycles. The highest BCUT2D eigenvalue weighted by molar-refractivity contribution is 7.09. The summed E-state index contributed by atoms with van der Waals surface area (Å²) in [5, 5.41) is 2.02. The highest BCUT2D eigenvalue weighted by Crippen LogP contribution is 2.17. The van der Waals surface area contributed by atoms with Gasteiger partial charge >= 0.3 is 0 Å². The number of nitrogens with one attached hydrogen (secondary N) is 1. The van der Waals surface area contributed by atoms with E-state index >= 15 is 0 Å². The molecule has 0 radical (unpaired) electrons. The molecule has 0 atom stereocenters. The van der Waals surface area contributed by atoms with Crippen molar-refractivity contribution in [2.24, 2.45) is 5.84 Å². The molecule has 5 nitrogen and oxygen atoms in total. The third kappa shape index (κ3) is 2.93. The summed E-state index contributed by atoms with van der Waals surface area (Å²) in [5.41, 5.74) is 2.31. The number of nitrogens with two attached hydrogens (primary N) is 1. The number of hydrogen-bond acceptors (Lipinski definition) is 6. The number of rotatable bonds is 5. The zero-order valence-corrected chi connectivity index (χ0v) is 10.7. The molecular formula is C11H14FN5S. The molecule has 96 valence electrons. The Kier molecular flexibility index (Phi) is 4.06. The Hall–Kier alpha value is -1.73. The molecule has 2 aromatic rings. The summed E-state index contributed by atoms with van der Waals surface area (Å²) in [6.45, 7) is 0.679. The zero-order valence-electron chi connectivity index (χ0n) is 9.93. The maximum absolute atomic E-state index is 13.6. The van der Waals surface area contributed by atoms with Crippen LogP contribution in [0.15, 0.2) is 23.7 Å². The van der Waals surface area contributed by atoms with Crippen LogP contribution in [0.25, 0.3) is 0 Å². The zero-order chi connectivity index (χ0) is 13.0. The van der Waals surface area contributed by atoms with Crippen LogP contribution in [0.5, 0.6) is 0 Å². The molecule has 0 bridgehead atoms. The van der Waals surface area contributed by atoms with Gasteiger partial charge in [0.15, 0.2) is 11.6 Å². The molecule has 3 N–H and O–H groups in total. The van der Waals surface area contributed by atoms with E-state index < -0.39 is 5.82 Å². The standard InChI is InChI=1S/C11H14FN5S/c1-17(5-4-8-3-2-6-18-8)10-9(12)7-14-11(15-10)16-13/h2-3,6-7H,4-5,13H2,1H3,(H,14,15,16). The van der Waals surface area contributed by atoms with Gasteiger partial charge in [-0.3, -0.25) is 5.43 Å². The largest absolute Gasteiger partial charge is 0.357 e. The van der Waals surface area contributed by atoms with E-state index in [1.54, 1.807) is 23.3 Å². The van der Waals surface area contributed by atoms with Crippen molar-refractivity contribution in [3.8, 4) is 0 Å². The number of anilines is 2. The molecule has 2 rings (SSSR count). The summed E-state index contributed by atoms with van der Waals surface area (Å²) in [4.78, 5) is 10.7. The first-order valence-electron chi connectivity index (χ1n) is 5.43. The predicted octanol–water partition coefficient (Wildman–Crippen LogP) is 1.64. The molecule has 7 heteroatoms. The Labute approximate surface area is 108 Å². The molecule has 18 heavy (non-hydrogen) atoms. The molecule has 0 aliphatic rings. The van der Waals surface area contributed by atoms with Gasteiger partial charge in [-0.1, -0.05) is 6.07 Å². The average Bonchev–Trinajstić information content (AvgIpc) is 2.89. The summed E-state index contributed by atoms with van der Waals surface area (Å²) in [7, 11) is 1.79. The van der Waals surface area contributed by atoms with Crippen LogP contribution in [0.1, 0.15) is 4.88 Å². The van der Waals surface area contributed by atoms with Crippen LogP contribution in [0, 0.1) is 5.82 Å². The minimum absolute atomic E-state index is 0.203. The Bertz CT molecular complexity index is 502. The van der Waals surface area contributed by atoms with Crippen LogP contribution in [-0.2, 0) is 6.42 Å². The van der Waals surface area contributed by atoms with E-state index in [4.69, 9.17) is 5.84 Å². The summed E-state index contributed by atoms with van der Waals surface area (Å²) in [6, 6.07) is 4.06. The van der Waals surface area contributed by atoms with E-state index in [1.165, 1.54) is 4.88 Å². The van der Waals surface area contributed by atoms with Crippen LogP contribution >= 0.6 is 11.3 Å². The first kappa shape index (κ1) is 12.7. The van der Waals surface area contributed by atoms with Crippen molar-refractivity contribution in [1.82, 2.24) is 9.97 Å². The first-order valence-corrected chi connectivity index (χ1v) is 6.31. The Morgan fingerprint density at radius 2 is 2.39 bits per heavy atom. The van der Waals surface area contributed by atoms with Crippen molar-refractivity contribution in [1.29, 1.82) is 0 Å². The normalized spacial score (nSPS) is 10.4. The maximum atomic E-state index is 13.6. The second-order valence-electron chi connectivity index (χ2n) is 3.76. The first-order chi connectivity index (χ1) is 8.70. The minimum Gasteiger partial charge on any atom is -0.357 e. The van der Waals surface area contributed by atoms with Gasteiger partial charge in [0, 0.05) is 18.5 Å². The van der Waals surface area contributed by atoms with Crippen LogP contribution in [0.2, 0.25) is 0 Å². The fourth-order valence-electron chi connectivity index (χ4n) is 1.53. The van der Waals surface area contributed by atoms with Crippen LogP contribution in [0.3, 0.4) is 0 Å². The van der Waals surface area contributed by atoms with Crippen molar-refractivity contribution in [2.45, 2.75) is 6.42 Å². The number of nitrogen functional groups attached to an aromatic ring is 1. The molecule has 2 heterocycles. The molecule has 0 amide bonds. The van der Waals surface area contributed by atoms with Crippen LogP contribution in [0.4, 0.5) is 16.2 Å². The Morgan fingerprint density at radius 3 is 3.06 bits per heavy atom. The third-order valence-electron chi connectivity index (χ3n) is 2.49. The van der Waals surface area contributed by atoms with E-state index in [9.17, 15) is 4.39 Å². The summed E-state index contributed by atoms with van der Waals surface area (Å²) < 4.78 is 13.6. The van der Waals surface area contributed by atoms with Gasteiger partial charge < -0.3 is 4.90 Å². The number of aromatic nitrogens is 2. The lowest BCUT2D eigenvalue weighted by Gasteiger charge is -2.18. The van der Waals surface area contributed by atoms with Gasteiger partial charge in [0.05, 0.1) is 6.20 Å². The lowest BCUT2D eigenvalue weighted by Crippen LogP contribution is -2.23. The van der Waals surface area contributed by atoms with E-state index in [0.717, 1.165) is 12.6 Å². The summed E-state index contributed by atoms with van der Waals surface area (Å²) >= 11 is 1.69. The monoisotopic (exact) mass is 267 g/mol. The van der Waals surface area contributed by atoms with E-state index in [-0.39, 0.29) is 11.8 Å². The number of hydrazine groups is 1. The van der Waals surface area contributed by atoms with Crippen LogP contribution < -0.4 is 16.2 Å². The fraction of sp³-hybridized carbons (Fsp3) is 0.273. The second-order valence-corrected chi connectivity index (χ2v) is 4.79. The fourth-order valence-corrected chi connectivity index (χ4v) is 2.23. The molecule has 0 aliphatic carbocycles. The molecule has 0 saturated heterocycles. The number of halogens is 1. The molecule has 2 aromatic heterocycles. The average molecular weight is 267 g/mol. The van der Waals surface area contributed by atoms with E-state index in [2.05, 4.69) is 21.5 Å². The summed E-state index contributed by atoms with van der Waals surface area (Å²) in [5.74, 6) is 5.20. The maximum Gasteiger partial charge on any atom is 0.239 e. The van der Waals surface area contributed by atoms with Crippen molar-refractivity contribution >= 4 is 23.1 Å². The highest BCUT2D eigenvalue weighted by atomic mass is 32.1. The number of hydrogen-bond donors (Lipinski definition) is 2. The van der Waals surface area contributed by atoms with Gasteiger partial charge in [-0.2, -0.15) is 4.98 Å². The summed E-state index contributed by atoms with van der Waals surface area (Å²) in [6.07, 6.45) is 1.96. The van der Waals surface area contributed by atoms with Gasteiger partial charge in [-0.25, -0.2) is 15.2 Å². The van der Waals surface area contributed by atoms with Crippen LogP contribution in [-0.4, -0.2) is 23.6 Å².